The lowest BCUT2D eigenvalue weighted by Gasteiger charge is -2.16. The van der Waals surface area contributed by atoms with Crippen LogP contribution in [0.3, 0.4) is 0 Å². The Morgan fingerprint density at radius 2 is 2.11 bits per heavy atom. The number of nitrogens with one attached hydrogen (secondary N) is 1. The van der Waals surface area contributed by atoms with Gasteiger partial charge in [-0.25, -0.2) is 0 Å². The van der Waals surface area contributed by atoms with Gasteiger partial charge in [0.05, 0.1) is 5.04 Å². The summed E-state index contributed by atoms with van der Waals surface area (Å²) in [6.07, 6.45) is 0. The maximum absolute atomic E-state index is 10.9. The van der Waals surface area contributed by atoms with E-state index in [-0.39, 0.29) is 14.7 Å². The number of hydrogen-bond donors (Lipinski definition) is 1. The van der Waals surface area contributed by atoms with E-state index in [1.807, 2.05) is 13.8 Å². The first kappa shape index (κ1) is 8.98. The van der Waals surface area contributed by atoms with Gasteiger partial charge in [-0.15, -0.1) is 0 Å². The molecule has 1 amide bonds. The fraction of sp³-hybridized carbons (Fsp3) is 0.800. The summed E-state index contributed by atoms with van der Waals surface area (Å²) in [5.74, 6) is -0.00386. The van der Waals surface area contributed by atoms with Crippen LogP contribution < -0.4 is 5.32 Å². The first-order valence-corrected chi connectivity index (χ1v) is 4.65. The van der Waals surface area contributed by atoms with Gasteiger partial charge in [0.1, 0.15) is 0 Å². The molecule has 0 saturated carbocycles. The highest BCUT2D eigenvalue weighted by Crippen LogP contribution is 2.22. The molecule has 2 radical (unpaired) electrons. The zero-order valence-electron chi connectivity index (χ0n) is 5.79. The summed E-state index contributed by atoms with van der Waals surface area (Å²) < 4.78 is 0. The molecular weight excluding hydrogens is 154 g/mol. The molecule has 0 heterocycles. The third kappa shape index (κ3) is 2.36. The van der Waals surface area contributed by atoms with Crippen LogP contribution in [0, 0.1) is 0 Å². The summed E-state index contributed by atoms with van der Waals surface area (Å²) in [5.41, 5.74) is 0. The van der Waals surface area contributed by atoms with Crippen LogP contribution in [0.4, 0.5) is 0 Å². The maximum Gasteiger partial charge on any atom is 0.223 e. The van der Waals surface area contributed by atoms with Crippen LogP contribution >= 0.6 is 11.1 Å². The number of amides is 1. The number of halogens is 1. The zero-order valence-corrected chi connectivity index (χ0v) is 7.54. The van der Waals surface area contributed by atoms with E-state index in [1.54, 1.807) is 7.05 Å². The van der Waals surface area contributed by atoms with E-state index in [4.69, 9.17) is 11.1 Å². The molecule has 0 aliphatic rings. The Labute approximate surface area is 62.5 Å². The predicted molar refractivity (Wildman–Crippen MR) is 39.7 cm³/mol. The van der Waals surface area contributed by atoms with Crippen LogP contribution in [-0.2, 0) is 4.79 Å². The average Bonchev–Trinajstić information content (AvgIpc) is 1.86. The van der Waals surface area contributed by atoms with Gasteiger partial charge in [-0.05, 0) is 0 Å². The molecule has 0 unspecified atom stereocenters. The molecule has 52 valence electrons. The molecule has 0 aromatic heterocycles. The third-order valence-electron chi connectivity index (χ3n) is 1.03. The van der Waals surface area contributed by atoms with Gasteiger partial charge in [0.15, 0.2) is 8.83 Å². The molecule has 2 nitrogen and oxygen atoms in total. The van der Waals surface area contributed by atoms with Crippen molar-refractivity contribution >= 4 is 25.8 Å². The predicted octanol–water partition coefficient (Wildman–Crippen LogP) is 0.789. The molecule has 1 N–H and O–H groups in total. The molecule has 0 fully saturated rings. The second kappa shape index (κ2) is 3.22. The van der Waals surface area contributed by atoms with Crippen molar-refractivity contribution in [2.45, 2.75) is 18.9 Å². The van der Waals surface area contributed by atoms with Crippen molar-refractivity contribution < 1.29 is 4.79 Å². The zero-order chi connectivity index (χ0) is 7.49. The summed E-state index contributed by atoms with van der Waals surface area (Å²) in [7, 11) is 1.74. The fourth-order valence-corrected chi connectivity index (χ4v) is 0.824. The molecule has 0 spiro atoms. The molecule has 9 heavy (non-hydrogen) atoms. The van der Waals surface area contributed by atoms with Crippen LogP contribution in [0.1, 0.15) is 13.8 Å². The largest absolute Gasteiger partial charge is 0.359 e. The van der Waals surface area contributed by atoms with Gasteiger partial charge in [0.2, 0.25) is 5.91 Å². The molecule has 0 saturated heterocycles. The van der Waals surface area contributed by atoms with Crippen LogP contribution in [-0.4, -0.2) is 21.8 Å². The molecule has 0 rings (SSSR count). The van der Waals surface area contributed by atoms with Crippen LogP contribution in [0.2, 0.25) is 5.04 Å². The number of hydrogen-bond acceptors (Lipinski definition) is 1. The van der Waals surface area contributed by atoms with Gasteiger partial charge in [0, 0.05) is 7.05 Å². The molecule has 0 aromatic rings. The van der Waals surface area contributed by atoms with E-state index >= 15 is 0 Å². The van der Waals surface area contributed by atoms with Gasteiger partial charge in [-0.2, -0.15) is 11.1 Å². The van der Waals surface area contributed by atoms with Crippen LogP contribution in [0.25, 0.3) is 0 Å². The highest BCUT2D eigenvalue weighted by molar-refractivity contribution is 6.97. The Hall–Kier alpha value is -0.0231. The van der Waals surface area contributed by atoms with E-state index in [0.29, 0.717) is 0 Å². The van der Waals surface area contributed by atoms with Crippen molar-refractivity contribution in [1.29, 1.82) is 0 Å². The first-order chi connectivity index (χ1) is 4.04. The van der Waals surface area contributed by atoms with E-state index in [9.17, 15) is 4.79 Å². The second-order valence-electron chi connectivity index (χ2n) is 2.30. The minimum Gasteiger partial charge on any atom is -0.359 e. The number of rotatable bonds is 2. The molecule has 0 atom stereocenters. The van der Waals surface area contributed by atoms with Crippen LogP contribution in [0.5, 0.6) is 0 Å². The summed E-state index contributed by atoms with van der Waals surface area (Å²) in [6.45, 7) is 3.63. The van der Waals surface area contributed by atoms with E-state index < -0.39 is 5.04 Å². The van der Waals surface area contributed by atoms with Crippen molar-refractivity contribution in [2.75, 3.05) is 7.05 Å². The summed E-state index contributed by atoms with van der Waals surface area (Å²) in [4.78, 5) is 10.9. The maximum atomic E-state index is 10.9. The lowest BCUT2D eigenvalue weighted by molar-refractivity contribution is -0.122. The Morgan fingerprint density at radius 1 is 1.67 bits per heavy atom. The quantitative estimate of drug-likeness (QED) is 0.474. The molecule has 0 aliphatic carbocycles. The smallest absolute Gasteiger partial charge is 0.223 e. The normalized spacial score (nSPS) is 11.1. The number of carbonyl (C=O) groups excluding carboxylic acids is 1. The average molecular weight is 164 g/mol. The van der Waals surface area contributed by atoms with Crippen molar-refractivity contribution in [3.05, 3.63) is 0 Å². The van der Waals surface area contributed by atoms with Crippen LogP contribution in [0.15, 0.2) is 0 Å². The summed E-state index contributed by atoms with van der Waals surface area (Å²) in [5, 5.41) is 2.13. The third-order valence-corrected chi connectivity index (χ3v) is 3.15. The van der Waals surface area contributed by atoms with Crippen molar-refractivity contribution in [1.82, 2.24) is 5.32 Å². The van der Waals surface area contributed by atoms with Crippen molar-refractivity contribution in [2.24, 2.45) is 0 Å². The first-order valence-electron chi connectivity index (χ1n) is 2.64. The molecule has 0 aliphatic heterocycles. The van der Waals surface area contributed by atoms with Gasteiger partial charge >= 0.3 is 0 Å². The van der Waals surface area contributed by atoms with Gasteiger partial charge in [-0.1, -0.05) is 13.8 Å². The minimum atomic E-state index is -0.406. The highest BCUT2D eigenvalue weighted by Gasteiger charge is 2.26. The number of carbonyl (C=O) groups is 1. The van der Waals surface area contributed by atoms with E-state index in [1.165, 1.54) is 0 Å². The lowest BCUT2D eigenvalue weighted by atomic mass is 10.2. The van der Waals surface area contributed by atoms with E-state index in [0.717, 1.165) is 0 Å². The monoisotopic (exact) mass is 163 g/mol. The Balaban J connectivity index is 3.97. The van der Waals surface area contributed by atoms with Gasteiger partial charge in [0.25, 0.3) is 0 Å². The summed E-state index contributed by atoms with van der Waals surface area (Å²) >= 11 is 5.53. The molecular formula is C5H10ClNOSi. The Bertz CT molecular complexity index is 116. The lowest BCUT2D eigenvalue weighted by Crippen LogP contribution is -2.31. The van der Waals surface area contributed by atoms with Gasteiger partial charge < -0.3 is 5.32 Å². The SMILES string of the molecule is CNC(=O)C(C)(C)[Si]Cl. The Morgan fingerprint density at radius 3 is 2.22 bits per heavy atom. The van der Waals surface area contributed by atoms with Gasteiger partial charge in [-0.3, -0.25) is 4.79 Å². The molecule has 4 heteroatoms. The second-order valence-corrected chi connectivity index (χ2v) is 4.30. The standard InChI is InChI=1S/C5H10ClNOSi/c1-5(2,9-6)4(8)7-3/h1-3H3,(H,7,8). The van der Waals surface area contributed by atoms with E-state index in [2.05, 4.69) is 5.32 Å². The summed E-state index contributed by atoms with van der Waals surface area (Å²) in [6, 6.07) is 0. The van der Waals surface area contributed by atoms with Crippen molar-refractivity contribution in [3.8, 4) is 0 Å². The topological polar surface area (TPSA) is 29.1 Å². The van der Waals surface area contributed by atoms with Crippen molar-refractivity contribution in [3.63, 3.8) is 0 Å². The highest BCUT2D eigenvalue weighted by atomic mass is 35.6. The molecule has 0 aromatic carbocycles. The Kier molecular flexibility index (Phi) is 3.21. The minimum absolute atomic E-state index is 0.00386. The molecule has 0 bridgehead atoms. The fourth-order valence-electron chi connectivity index (χ4n) is 0.355.